The van der Waals surface area contributed by atoms with E-state index in [9.17, 15) is 50.8 Å². The van der Waals surface area contributed by atoms with Gasteiger partial charge in [0.2, 0.25) is 0 Å². The molecule has 2 saturated heterocycles. The smallest absolute Gasteiger partial charge is 0.394 e. The average molecular weight is 582 g/mol. The fourth-order valence-corrected chi connectivity index (χ4v) is 4.74. The maximum Gasteiger partial charge on any atom is 0.397 e. The van der Waals surface area contributed by atoms with Crippen LogP contribution in [0.4, 0.5) is 0 Å². The van der Waals surface area contributed by atoms with Crippen LogP contribution in [0.15, 0.2) is 0 Å². The molecule has 23 heteroatoms. The number of aliphatic hydroxyl groups excluding tert-OH is 5. The van der Waals surface area contributed by atoms with Gasteiger partial charge in [0.15, 0.2) is 24.8 Å². The number of ether oxygens (including phenoxy) is 3. The van der Waals surface area contributed by atoms with Gasteiger partial charge in [0.25, 0.3) is 0 Å². The molecule has 1 unspecified atom stereocenters. The first-order chi connectivity index (χ1) is 15.9. The third kappa shape index (κ3) is 8.40. The second-order valence-corrected chi connectivity index (χ2v) is 10.2. The Morgan fingerprint density at radius 1 is 0.600 bits per heavy atom. The zero-order valence-electron chi connectivity index (χ0n) is 16.9. The standard InChI is InChI=1S/C12H22O20S3/c13-1-3-5(15)8(30-33(18,19)20)10(32-35(24,25)26)12(28-3)29-7-4(2-14)27-11(17)9(6(7)16)31-34(21,22)23/h3-17H,1-2H2,(H,18,19,20)(H,21,22,23)(H,24,25,26)/t3-,4-,5-,6+,7-,8+,9-,10-,11?,12-/m1/s1. The van der Waals surface area contributed by atoms with Crippen LogP contribution < -0.4 is 0 Å². The maximum absolute atomic E-state index is 11.3. The molecule has 0 radical (unpaired) electrons. The van der Waals surface area contributed by atoms with Crippen LogP contribution in [0.2, 0.25) is 0 Å². The molecule has 0 aliphatic carbocycles. The van der Waals surface area contributed by atoms with Crippen LogP contribution in [0.3, 0.4) is 0 Å². The van der Waals surface area contributed by atoms with Gasteiger partial charge in [0, 0.05) is 0 Å². The van der Waals surface area contributed by atoms with Crippen molar-refractivity contribution in [3.63, 3.8) is 0 Å². The molecule has 2 aliphatic heterocycles. The highest BCUT2D eigenvalue weighted by Crippen LogP contribution is 2.33. The van der Waals surface area contributed by atoms with E-state index < -0.39 is 106 Å². The zero-order chi connectivity index (χ0) is 26.9. The molecule has 10 atom stereocenters. The molecule has 2 heterocycles. The summed E-state index contributed by atoms with van der Waals surface area (Å²) in [4.78, 5) is 0. The first-order valence-corrected chi connectivity index (χ1v) is 13.2. The number of hydrogen-bond acceptors (Lipinski definition) is 17. The molecule has 0 amide bonds. The summed E-state index contributed by atoms with van der Waals surface area (Å²) < 4.78 is 121. The van der Waals surface area contributed by atoms with Crippen molar-refractivity contribution in [1.82, 2.24) is 0 Å². The van der Waals surface area contributed by atoms with E-state index >= 15 is 0 Å². The third-order valence-corrected chi connectivity index (χ3v) is 6.00. The van der Waals surface area contributed by atoms with Crippen LogP contribution in [-0.2, 0) is 58.0 Å². The SMILES string of the molecule is O=S(=O)(O)O[C@H]1[C@@H](O[C@H]2[C@H](O)[C@@H](OS(=O)(=O)O)C(O)O[C@@H]2CO)O[C@H](CO)[C@@H](O)[C@@H]1OS(=O)(=O)O. The predicted octanol–water partition coefficient (Wildman–Crippen LogP) is -5.92. The van der Waals surface area contributed by atoms with Crippen LogP contribution in [0.1, 0.15) is 0 Å². The fourth-order valence-electron chi connectivity index (χ4n) is 3.27. The van der Waals surface area contributed by atoms with Crippen molar-refractivity contribution in [3.8, 4) is 0 Å². The fraction of sp³-hybridized carbons (Fsp3) is 1.00. The number of rotatable bonds is 10. The Morgan fingerprint density at radius 3 is 1.51 bits per heavy atom. The Hall–Kier alpha value is -0.710. The third-order valence-electron chi connectivity index (χ3n) is 4.60. The molecule has 0 bridgehead atoms. The quantitative estimate of drug-likeness (QED) is 0.111. The van der Waals surface area contributed by atoms with Gasteiger partial charge in [-0.05, 0) is 0 Å². The van der Waals surface area contributed by atoms with Gasteiger partial charge in [-0.2, -0.15) is 25.3 Å². The van der Waals surface area contributed by atoms with E-state index in [1.54, 1.807) is 0 Å². The first kappa shape index (κ1) is 30.5. The minimum absolute atomic E-state index is 1.08. The topological polar surface area (TPSA) is 320 Å². The molecule has 2 rings (SSSR count). The van der Waals surface area contributed by atoms with E-state index in [1.165, 1.54) is 0 Å². The average Bonchev–Trinajstić information content (AvgIpc) is 2.68. The van der Waals surface area contributed by atoms with Gasteiger partial charge in [0.05, 0.1) is 13.2 Å². The van der Waals surface area contributed by atoms with Gasteiger partial charge >= 0.3 is 31.2 Å². The van der Waals surface area contributed by atoms with Crippen LogP contribution >= 0.6 is 0 Å². The molecule has 0 spiro atoms. The van der Waals surface area contributed by atoms with Gasteiger partial charge in [-0.1, -0.05) is 0 Å². The van der Waals surface area contributed by atoms with Gasteiger partial charge in [-0.3, -0.25) is 13.7 Å². The van der Waals surface area contributed by atoms with Crippen molar-refractivity contribution in [2.24, 2.45) is 0 Å². The van der Waals surface area contributed by atoms with E-state index in [4.69, 9.17) is 27.9 Å². The Morgan fingerprint density at radius 2 is 1.06 bits per heavy atom. The van der Waals surface area contributed by atoms with Gasteiger partial charge < -0.3 is 39.7 Å². The lowest BCUT2D eigenvalue weighted by Crippen LogP contribution is -2.66. The van der Waals surface area contributed by atoms with E-state index in [2.05, 4.69) is 12.5 Å². The second-order valence-electron chi connectivity index (χ2n) is 7.02. The highest BCUT2D eigenvalue weighted by molar-refractivity contribution is 7.81. The molecule has 0 aromatic carbocycles. The van der Waals surface area contributed by atoms with Gasteiger partial charge in [0.1, 0.15) is 36.6 Å². The Bertz CT molecular complexity index is 1030. The van der Waals surface area contributed by atoms with Crippen molar-refractivity contribution < 1.29 is 91.2 Å². The largest absolute Gasteiger partial charge is 0.397 e. The lowest BCUT2D eigenvalue weighted by molar-refractivity contribution is -0.348. The van der Waals surface area contributed by atoms with Crippen LogP contribution in [0.5, 0.6) is 0 Å². The molecule has 0 aromatic rings. The maximum atomic E-state index is 11.3. The second kappa shape index (κ2) is 11.4. The van der Waals surface area contributed by atoms with Crippen molar-refractivity contribution in [2.45, 2.75) is 61.4 Å². The van der Waals surface area contributed by atoms with Crippen LogP contribution in [-0.4, -0.2) is 139 Å². The van der Waals surface area contributed by atoms with Gasteiger partial charge in [-0.15, -0.1) is 0 Å². The lowest BCUT2D eigenvalue weighted by Gasteiger charge is -2.46. The zero-order valence-corrected chi connectivity index (χ0v) is 19.3. The molecular formula is C12H22O20S3. The Labute approximate surface area is 197 Å². The summed E-state index contributed by atoms with van der Waals surface area (Å²) in [5.41, 5.74) is 0. The van der Waals surface area contributed by atoms with E-state index in [1.807, 2.05) is 0 Å². The van der Waals surface area contributed by atoms with Gasteiger partial charge in [-0.25, -0.2) is 12.5 Å². The first-order valence-electron chi connectivity index (χ1n) is 9.06. The van der Waals surface area contributed by atoms with Crippen molar-refractivity contribution in [2.75, 3.05) is 13.2 Å². The highest BCUT2D eigenvalue weighted by Gasteiger charge is 2.55. The number of aliphatic hydroxyl groups is 5. The number of hydrogen-bond donors (Lipinski definition) is 8. The monoisotopic (exact) mass is 582 g/mol. The molecule has 20 nitrogen and oxygen atoms in total. The molecule has 0 saturated carbocycles. The normalized spacial score (nSPS) is 39.4. The van der Waals surface area contributed by atoms with Crippen molar-refractivity contribution in [1.29, 1.82) is 0 Å². The van der Waals surface area contributed by atoms with Crippen LogP contribution in [0.25, 0.3) is 0 Å². The van der Waals surface area contributed by atoms with Crippen LogP contribution in [0, 0.1) is 0 Å². The summed E-state index contributed by atoms with van der Waals surface area (Å²) in [7, 11) is -16.3. The van der Waals surface area contributed by atoms with E-state index in [-0.39, 0.29) is 0 Å². The van der Waals surface area contributed by atoms with Crippen molar-refractivity contribution >= 4 is 31.2 Å². The highest BCUT2D eigenvalue weighted by atomic mass is 32.3. The molecule has 2 fully saturated rings. The summed E-state index contributed by atoms with van der Waals surface area (Å²) in [5.74, 6) is 0. The molecule has 2 aliphatic rings. The lowest BCUT2D eigenvalue weighted by atomic mass is 9.97. The Balaban J connectivity index is 2.47. The van der Waals surface area contributed by atoms with E-state index in [0.717, 1.165) is 0 Å². The molecular weight excluding hydrogens is 560 g/mol. The molecule has 0 aromatic heterocycles. The van der Waals surface area contributed by atoms with E-state index in [0.29, 0.717) is 0 Å². The summed E-state index contributed by atoms with van der Waals surface area (Å²) in [6.07, 6.45) is -22.2. The molecule has 208 valence electrons. The summed E-state index contributed by atoms with van der Waals surface area (Å²) in [6, 6.07) is 0. The minimum Gasteiger partial charge on any atom is -0.394 e. The predicted molar refractivity (Wildman–Crippen MR) is 99.9 cm³/mol. The Kier molecular flexibility index (Phi) is 9.90. The summed E-state index contributed by atoms with van der Waals surface area (Å²) in [5, 5.41) is 49.3. The molecule has 35 heavy (non-hydrogen) atoms. The summed E-state index contributed by atoms with van der Waals surface area (Å²) in [6.45, 7) is -2.20. The summed E-state index contributed by atoms with van der Waals surface area (Å²) >= 11 is 0. The minimum atomic E-state index is -5.52. The van der Waals surface area contributed by atoms with Crippen molar-refractivity contribution in [3.05, 3.63) is 0 Å². The molecule has 8 N–H and O–H groups in total.